The third-order valence-electron chi connectivity index (χ3n) is 3.11. The minimum Gasteiger partial charge on any atom is -0.340 e. The van der Waals surface area contributed by atoms with Crippen LogP contribution in [0.25, 0.3) is 0 Å². The Labute approximate surface area is 100 Å². The Morgan fingerprint density at radius 2 is 2.38 bits per heavy atom. The number of amides is 1. The monoisotopic (exact) mass is 238 g/mol. The summed E-state index contributed by atoms with van der Waals surface area (Å²) < 4.78 is 0. The quantitative estimate of drug-likeness (QED) is 0.869. The van der Waals surface area contributed by atoms with Crippen LogP contribution in [-0.4, -0.2) is 29.9 Å². The van der Waals surface area contributed by atoms with Gasteiger partial charge in [0, 0.05) is 23.4 Å². The molecule has 1 atom stereocenters. The van der Waals surface area contributed by atoms with Crippen LogP contribution in [0.5, 0.6) is 0 Å². The van der Waals surface area contributed by atoms with E-state index in [2.05, 4.69) is 31.4 Å². The molecule has 1 aromatic rings. The van der Waals surface area contributed by atoms with Gasteiger partial charge in [-0.05, 0) is 17.9 Å². The molecule has 1 saturated heterocycles. The third-order valence-corrected chi connectivity index (χ3v) is 4.35. The Hall–Kier alpha value is -0.870. The second-order valence-electron chi connectivity index (χ2n) is 5.02. The second kappa shape index (κ2) is 4.18. The van der Waals surface area contributed by atoms with Crippen LogP contribution in [0.15, 0.2) is 17.5 Å². The lowest BCUT2D eigenvalue weighted by atomic mass is 9.91. The smallest absolute Gasteiger partial charge is 0.239 e. The van der Waals surface area contributed by atoms with E-state index in [1.807, 2.05) is 4.90 Å². The van der Waals surface area contributed by atoms with E-state index in [9.17, 15) is 4.79 Å². The molecule has 16 heavy (non-hydrogen) atoms. The van der Waals surface area contributed by atoms with E-state index in [-0.39, 0.29) is 17.4 Å². The molecular weight excluding hydrogens is 220 g/mol. The van der Waals surface area contributed by atoms with E-state index < -0.39 is 0 Å². The summed E-state index contributed by atoms with van der Waals surface area (Å²) in [5.74, 6) is 0.102. The van der Waals surface area contributed by atoms with Crippen molar-refractivity contribution in [3.63, 3.8) is 0 Å². The predicted molar refractivity (Wildman–Crippen MR) is 66.5 cm³/mol. The van der Waals surface area contributed by atoms with Crippen LogP contribution in [0.1, 0.15) is 25.1 Å². The van der Waals surface area contributed by atoms with Gasteiger partial charge in [0.15, 0.2) is 0 Å². The van der Waals surface area contributed by atoms with Crippen molar-refractivity contribution in [2.45, 2.75) is 31.7 Å². The van der Waals surface area contributed by atoms with Gasteiger partial charge < -0.3 is 10.6 Å². The van der Waals surface area contributed by atoms with Crippen LogP contribution < -0.4 is 5.73 Å². The van der Waals surface area contributed by atoms with E-state index in [4.69, 9.17) is 5.73 Å². The van der Waals surface area contributed by atoms with Crippen molar-refractivity contribution in [3.05, 3.63) is 22.4 Å². The molecule has 1 fully saturated rings. The van der Waals surface area contributed by atoms with E-state index in [1.54, 1.807) is 11.3 Å². The molecule has 88 valence electrons. The topological polar surface area (TPSA) is 46.3 Å². The van der Waals surface area contributed by atoms with Crippen LogP contribution >= 0.6 is 11.3 Å². The fourth-order valence-corrected chi connectivity index (χ4v) is 2.98. The Balaban J connectivity index is 2.07. The highest BCUT2D eigenvalue weighted by molar-refractivity contribution is 7.10. The molecule has 3 nitrogen and oxygen atoms in total. The van der Waals surface area contributed by atoms with Gasteiger partial charge in [0.05, 0.1) is 6.04 Å². The minimum absolute atomic E-state index is 0.0217. The van der Waals surface area contributed by atoms with E-state index in [1.165, 1.54) is 4.88 Å². The largest absolute Gasteiger partial charge is 0.340 e. The van der Waals surface area contributed by atoms with Gasteiger partial charge in [0.1, 0.15) is 0 Å². The second-order valence-corrected chi connectivity index (χ2v) is 5.96. The van der Waals surface area contributed by atoms with Crippen molar-refractivity contribution in [2.24, 2.45) is 5.73 Å². The van der Waals surface area contributed by atoms with E-state index in [0.29, 0.717) is 0 Å². The lowest BCUT2D eigenvalue weighted by Crippen LogP contribution is -2.40. The first-order valence-corrected chi connectivity index (χ1v) is 6.47. The van der Waals surface area contributed by atoms with Crippen molar-refractivity contribution in [2.75, 3.05) is 13.1 Å². The Kier molecular flexibility index (Phi) is 3.04. The molecular formula is C12H18N2OS. The third kappa shape index (κ3) is 2.13. The van der Waals surface area contributed by atoms with Gasteiger partial charge >= 0.3 is 0 Å². The minimum atomic E-state index is -0.279. The van der Waals surface area contributed by atoms with Gasteiger partial charge in [-0.15, -0.1) is 11.3 Å². The molecule has 0 saturated carbocycles. The zero-order chi connectivity index (χ0) is 11.8. The van der Waals surface area contributed by atoms with Crippen LogP contribution in [0.3, 0.4) is 0 Å². The fraction of sp³-hybridized carbons (Fsp3) is 0.583. The van der Waals surface area contributed by atoms with Gasteiger partial charge in [0.25, 0.3) is 0 Å². The summed E-state index contributed by atoms with van der Waals surface area (Å²) in [6, 6.07) is 3.91. The number of likely N-dealkylation sites (tertiary alicyclic amines) is 1. The first kappa shape index (κ1) is 11.6. The lowest BCUT2D eigenvalue weighted by molar-refractivity contribution is -0.129. The van der Waals surface area contributed by atoms with Gasteiger partial charge in [-0.1, -0.05) is 19.9 Å². The molecule has 1 aliphatic heterocycles. The summed E-state index contributed by atoms with van der Waals surface area (Å²) in [6.45, 7) is 5.92. The molecule has 1 aromatic heterocycles. The zero-order valence-corrected chi connectivity index (χ0v) is 10.6. The number of nitrogens with two attached hydrogens (primary N) is 1. The first-order valence-electron chi connectivity index (χ1n) is 5.59. The number of rotatable bonds is 3. The molecule has 2 rings (SSSR count). The molecule has 0 bridgehead atoms. The summed E-state index contributed by atoms with van der Waals surface area (Å²) in [5.41, 5.74) is 5.74. The van der Waals surface area contributed by atoms with Gasteiger partial charge in [-0.3, -0.25) is 4.79 Å². The number of nitrogens with zero attached hydrogens (tertiary/aromatic N) is 1. The van der Waals surface area contributed by atoms with Crippen molar-refractivity contribution in [1.82, 2.24) is 4.90 Å². The van der Waals surface area contributed by atoms with Crippen molar-refractivity contribution >= 4 is 17.2 Å². The summed E-state index contributed by atoms with van der Waals surface area (Å²) in [4.78, 5) is 15.0. The van der Waals surface area contributed by atoms with Crippen molar-refractivity contribution in [3.8, 4) is 0 Å². The Morgan fingerprint density at radius 1 is 1.62 bits per heavy atom. The van der Waals surface area contributed by atoms with Gasteiger partial charge in [0.2, 0.25) is 5.91 Å². The summed E-state index contributed by atoms with van der Waals surface area (Å²) in [7, 11) is 0. The summed E-state index contributed by atoms with van der Waals surface area (Å²) in [6.07, 6.45) is 0.791. The standard InChI is InChI=1S/C12H18N2OS/c1-12(2,10-4-3-7-16-10)8-14-6-5-9(13)11(14)15/h3-4,7,9H,5-6,8,13H2,1-2H3. The zero-order valence-electron chi connectivity index (χ0n) is 9.77. The summed E-state index contributed by atoms with van der Waals surface area (Å²) >= 11 is 1.75. The van der Waals surface area contributed by atoms with Crippen LogP contribution in [-0.2, 0) is 10.2 Å². The Bertz CT molecular complexity index is 372. The van der Waals surface area contributed by atoms with Gasteiger partial charge in [-0.2, -0.15) is 0 Å². The molecule has 1 amide bonds. The number of carbonyl (C=O) groups is 1. The van der Waals surface area contributed by atoms with Crippen LogP contribution in [0.2, 0.25) is 0 Å². The van der Waals surface area contributed by atoms with E-state index in [0.717, 1.165) is 19.5 Å². The van der Waals surface area contributed by atoms with Crippen LogP contribution in [0.4, 0.5) is 0 Å². The molecule has 0 spiro atoms. The average molecular weight is 238 g/mol. The molecule has 2 heterocycles. The van der Waals surface area contributed by atoms with Crippen LogP contribution in [0, 0.1) is 0 Å². The number of thiophene rings is 1. The molecule has 1 unspecified atom stereocenters. The van der Waals surface area contributed by atoms with Crippen molar-refractivity contribution in [1.29, 1.82) is 0 Å². The number of hydrogen-bond acceptors (Lipinski definition) is 3. The Morgan fingerprint density at radius 3 is 2.88 bits per heavy atom. The molecule has 4 heteroatoms. The van der Waals surface area contributed by atoms with E-state index >= 15 is 0 Å². The fourth-order valence-electron chi connectivity index (χ4n) is 2.14. The molecule has 0 radical (unpaired) electrons. The maximum atomic E-state index is 11.8. The highest BCUT2D eigenvalue weighted by atomic mass is 32.1. The summed E-state index contributed by atoms with van der Waals surface area (Å²) in [5, 5.41) is 2.08. The maximum Gasteiger partial charge on any atom is 0.239 e. The lowest BCUT2D eigenvalue weighted by Gasteiger charge is -2.29. The first-order chi connectivity index (χ1) is 7.50. The molecule has 1 aliphatic rings. The van der Waals surface area contributed by atoms with Crippen molar-refractivity contribution < 1.29 is 4.79 Å². The highest BCUT2D eigenvalue weighted by Gasteiger charge is 2.33. The number of carbonyl (C=O) groups excluding carboxylic acids is 1. The average Bonchev–Trinajstić information content (AvgIpc) is 2.83. The number of hydrogen-bond donors (Lipinski definition) is 1. The normalized spacial score (nSPS) is 21.8. The molecule has 2 N–H and O–H groups in total. The molecule has 0 aliphatic carbocycles. The SMILES string of the molecule is CC(C)(CN1CCC(N)C1=O)c1cccs1. The maximum absolute atomic E-state index is 11.8. The molecule has 0 aromatic carbocycles. The predicted octanol–water partition coefficient (Wildman–Crippen LogP) is 1.59. The van der Waals surface area contributed by atoms with Gasteiger partial charge in [-0.25, -0.2) is 0 Å². The highest BCUT2D eigenvalue weighted by Crippen LogP contribution is 2.29.